The van der Waals surface area contributed by atoms with Crippen LogP contribution in [0.4, 0.5) is 5.69 Å². The second kappa shape index (κ2) is 9.26. The van der Waals surface area contributed by atoms with Crippen molar-refractivity contribution in [3.8, 4) is 17.2 Å². The highest BCUT2D eigenvalue weighted by molar-refractivity contribution is 9.10. The highest BCUT2D eigenvalue weighted by Crippen LogP contribution is 2.39. The van der Waals surface area contributed by atoms with Crippen LogP contribution in [0, 0.1) is 0 Å². The first-order valence-corrected chi connectivity index (χ1v) is 10.3. The van der Waals surface area contributed by atoms with E-state index in [-0.39, 0.29) is 11.4 Å². The average Bonchev–Trinajstić information content (AvgIpc) is 2.67. The van der Waals surface area contributed by atoms with Gasteiger partial charge in [0.05, 0.1) is 32.8 Å². The minimum Gasteiger partial charge on any atom is -0.493 e. The van der Waals surface area contributed by atoms with Crippen LogP contribution in [0.5, 0.6) is 17.2 Å². The number of halogens is 1. The fourth-order valence-corrected chi connectivity index (χ4v) is 3.82. The Balaban J connectivity index is 2.16. The minimum atomic E-state index is -3.80. The molecule has 0 bridgehead atoms. The lowest BCUT2D eigenvalue weighted by Crippen LogP contribution is -2.34. The molecule has 0 radical (unpaired) electrons. The molecule has 0 aliphatic rings. The maximum absolute atomic E-state index is 12.6. The van der Waals surface area contributed by atoms with Gasteiger partial charge in [0.25, 0.3) is 0 Å². The number of anilines is 1. The molecule has 0 fully saturated rings. The summed E-state index contributed by atoms with van der Waals surface area (Å²) >= 11 is 3.26. The van der Waals surface area contributed by atoms with Gasteiger partial charge in [-0.15, -0.1) is 0 Å². The Hall–Kier alpha value is -2.30. The van der Waals surface area contributed by atoms with Gasteiger partial charge in [-0.25, -0.2) is 8.42 Å². The second-order valence-electron chi connectivity index (χ2n) is 5.68. The van der Waals surface area contributed by atoms with Crippen LogP contribution in [0.2, 0.25) is 0 Å². The lowest BCUT2D eigenvalue weighted by atomic mass is 10.2. The van der Waals surface area contributed by atoms with E-state index in [1.54, 1.807) is 24.3 Å². The molecule has 152 valence electrons. The van der Waals surface area contributed by atoms with E-state index in [4.69, 9.17) is 14.2 Å². The molecule has 0 heterocycles. The lowest BCUT2D eigenvalue weighted by molar-refractivity contribution is -0.116. The summed E-state index contributed by atoms with van der Waals surface area (Å²) in [6, 6.07) is 9.29. The molecular weight excluding hydrogens is 452 g/mol. The SMILES string of the molecule is COc1cc(NC(=O)CN(C)S(=O)(=O)c2ccc(Br)cc2)cc(OC)c1OC. The van der Waals surface area contributed by atoms with Crippen molar-refractivity contribution in [2.75, 3.05) is 40.2 Å². The van der Waals surface area contributed by atoms with Gasteiger partial charge in [0, 0.05) is 29.3 Å². The molecule has 28 heavy (non-hydrogen) atoms. The third-order valence-corrected chi connectivity index (χ3v) is 6.18. The van der Waals surface area contributed by atoms with E-state index in [0.717, 1.165) is 8.78 Å². The number of rotatable bonds is 8. The minimum absolute atomic E-state index is 0.0961. The summed E-state index contributed by atoms with van der Waals surface area (Å²) in [6.45, 7) is -0.366. The average molecular weight is 473 g/mol. The highest BCUT2D eigenvalue weighted by atomic mass is 79.9. The van der Waals surface area contributed by atoms with Crippen molar-refractivity contribution >= 4 is 37.5 Å². The fraction of sp³-hybridized carbons (Fsp3) is 0.278. The van der Waals surface area contributed by atoms with Gasteiger partial charge in [0.2, 0.25) is 21.7 Å². The van der Waals surface area contributed by atoms with Crippen molar-refractivity contribution in [1.29, 1.82) is 0 Å². The molecule has 0 spiro atoms. The van der Waals surface area contributed by atoms with Gasteiger partial charge in [0.1, 0.15) is 0 Å². The summed E-state index contributed by atoms with van der Waals surface area (Å²) in [5.41, 5.74) is 0.383. The molecule has 2 rings (SSSR count). The second-order valence-corrected chi connectivity index (χ2v) is 8.64. The number of sulfonamides is 1. The molecule has 0 aliphatic heterocycles. The van der Waals surface area contributed by atoms with E-state index < -0.39 is 15.9 Å². The van der Waals surface area contributed by atoms with Gasteiger partial charge in [-0.3, -0.25) is 4.79 Å². The van der Waals surface area contributed by atoms with Crippen molar-refractivity contribution < 1.29 is 27.4 Å². The van der Waals surface area contributed by atoms with Crippen molar-refractivity contribution in [2.45, 2.75) is 4.90 Å². The maximum atomic E-state index is 12.6. The van der Waals surface area contributed by atoms with Crippen molar-refractivity contribution in [1.82, 2.24) is 4.31 Å². The Labute approximate surface area is 172 Å². The van der Waals surface area contributed by atoms with Crippen LogP contribution in [0.25, 0.3) is 0 Å². The van der Waals surface area contributed by atoms with E-state index in [1.807, 2.05) is 0 Å². The Bertz CT molecular complexity index is 922. The molecular formula is C18H21BrN2O6S. The molecule has 0 saturated carbocycles. The van der Waals surface area contributed by atoms with E-state index in [9.17, 15) is 13.2 Å². The number of carbonyl (C=O) groups excluding carboxylic acids is 1. The standard InChI is InChI=1S/C18H21BrN2O6S/c1-21(28(23,24)14-7-5-12(19)6-8-14)11-17(22)20-13-9-15(25-2)18(27-4)16(10-13)26-3/h5-10H,11H2,1-4H3,(H,20,22). The molecule has 0 aromatic heterocycles. The van der Waals surface area contributed by atoms with Gasteiger partial charge < -0.3 is 19.5 Å². The van der Waals surface area contributed by atoms with Gasteiger partial charge in [-0.1, -0.05) is 15.9 Å². The number of carbonyl (C=O) groups is 1. The number of amides is 1. The Kier molecular flexibility index (Phi) is 7.28. The summed E-state index contributed by atoms with van der Waals surface area (Å²) < 4.78 is 42.6. The summed E-state index contributed by atoms with van der Waals surface area (Å²) in [4.78, 5) is 12.5. The molecule has 10 heteroatoms. The number of methoxy groups -OCH3 is 3. The van der Waals surface area contributed by atoms with Crippen molar-refractivity contribution in [3.05, 3.63) is 40.9 Å². The number of ether oxygens (including phenoxy) is 3. The summed E-state index contributed by atoms with van der Waals surface area (Å²) in [6.07, 6.45) is 0. The summed E-state index contributed by atoms with van der Waals surface area (Å²) in [5, 5.41) is 2.64. The van der Waals surface area contributed by atoms with Crippen LogP contribution in [0.15, 0.2) is 45.8 Å². The van der Waals surface area contributed by atoms with Gasteiger partial charge >= 0.3 is 0 Å². The van der Waals surface area contributed by atoms with E-state index in [2.05, 4.69) is 21.2 Å². The number of likely N-dealkylation sites (N-methyl/N-ethyl adjacent to an activating group) is 1. The summed E-state index contributed by atoms with van der Waals surface area (Å²) in [7, 11) is 1.93. The number of hydrogen-bond donors (Lipinski definition) is 1. The zero-order valence-electron chi connectivity index (χ0n) is 15.9. The first kappa shape index (κ1) is 22.0. The largest absolute Gasteiger partial charge is 0.493 e. The van der Waals surface area contributed by atoms with E-state index in [0.29, 0.717) is 22.9 Å². The molecule has 0 atom stereocenters. The molecule has 0 aliphatic carbocycles. The Morgan fingerprint density at radius 2 is 1.57 bits per heavy atom. The van der Waals surface area contributed by atoms with E-state index >= 15 is 0 Å². The summed E-state index contributed by atoms with van der Waals surface area (Å²) in [5.74, 6) is 0.608. The predicted molar refractivity (Wildman–Crippen MR) is 109 cm³/mol. The van der Waals surface area contributed by atoms with Gasteiger partial charge in [-0.05, 0) is 24.3 Å². The van der Waals surface area contributed by atoms with Gasteiger partial charge in [0.15, 0.2) is 11.5 Å². The lowest BCUT2D eigenvalue weighted by Gasteiger charge is -2.18. The smallest absolute Gasteiger partial charge is 0.243 e. The zero-order valence-corrected chi connectivity index (χ0v) is 18.3. The van der Waals surface area contributed by atoms with Crippen molar-refractivity contribution in [2.24, 2.45) is 0 Å². The molecule has 1 N–H and O–H groups in total. The molecule has 0 saturated heterocycles. The topological polar surface area (TPSA) is 94.2 Å². The molecule has 2 aromatic carbocycles. The zero-order chi connectivity index (χ0) is 20.9. The first-order valence-electron chi connectivity index (χ1n) is 8.04. The van der Waals surface area contributed by atoms with Gasteiger partial charge in [-0.2, -0.15) is 4.31 Å². The number of nitrogens with zero attached hydrogens (tertiary/aromatic N) is 1. The quantitative estimate of drug-likeness (QED) is 0.634. The van der Waals surface area contributed by atoms with Crippen molar-refractivity contribution in [3.63, 3.8) is 0 Å². The Morgan fingerprint density at radius 1 is 1.04 bits per heavy atom. The van der Waals surface area contributed by atoms with Crippen LogP contribution < -0.4 is 19.5 Å². The highest BCUT2D eigenvalue weighted by Gasteiger charge is 2.23. The van der Waals surface area contributed by atoms with Crippen LogP contribution >= 0.6 is 15.9 Å². The predicted octanol–water partition coefficient (Wildman–Crippen LogP) is 2.73. The molecule has 1 amide bonds. The fourth-order valence-electron chi connectivity index (χ4n) is 2.43. The third kappa shape index (κ3) is 4.94. The number of hydrogen-bond acceptors (Lipinski definition) is 6. The molecule has 0 unspecified atom stereocenters. The maximum Gasteiger partial charge on any atom is 0.243 e. The number of nitrogens with one attached hydrogen (secondary N) is 1. The van der Waals surface area contributed by atoms with E-state index in [1.165, 1.54) is 40.5 Å². The Morgan fingerprint density at radius 3 is 2.04 bits per heavy atom. The first-order chi connectivity index (χ1) is 13.2. The van der Waals surface area contributed by atoms with Crippen LogP contribution in [-0.2, 0) is 14.8 Å². The molecule has 8 nitrogen and oxygen atoms in total. The van der Waals surface area contributed by atoms with Crippen LogP contribution in [0.1, 0.15) is 0 Å². The monoisotopic (exact) mass is 472 g/mol. The third-order valence-electron chi connectivity index (χ3n) is 3.84. The molecule has 2 aromatic rings. The van der Waals surface area contributed by atoms with Crippen LogP contribution in [0.3, 0.4) is 0 Å². The van der Waals surface area contributed by atoms with Crippen LogP contribution in [-0.4, -0.2) is 53.6 Å². The normalized spacial score (nSPS) is 11.2. The number of benzene rings is 2.